The Labute approximate surface area is 63.7 Å². The van der Waals surface area contributed by atoms with Gasteiger partial charge in [0.15, 0.2) is 0 Å². The van der Waals surface area contributed by atoms with E-state index in [0.29, 0.717) is 0 Å². The number of carboxylic acids is 1. The van der Waals surface area contributed by atoms with Gasteiger partial charge in [0, 0.05) is 12.0 Å². The zero-order chi connectivity index (χ0) is 9.02. The molecule has 1 amide bonds. The fourth-order valence-electron chi connectivity index (χ4n) is 0.453. The third-order valence-corrected chi connectivity index (χ3v) is 1.13. The summed E-state index contributed by atoms with van der Waals surface area (Å²) in [5, 5.41) is 8.29. The molecule has 0 aromatic rings. The van der Waals surface area contributed by atoms with Crippen molar-refractivity contribution in [1.29, 1.82) is 0 Å². The highest BCUT2D eigenvalue weighted by Crippen LogP contribution is 1.99. The summed E-state index contributed by atoms with van der Waals surface area (Å²) >= 11 is 0. The quantitative estimate of drug-likeness (QED) is 0.448. The first-order chi connectivity index (χ1) is 4.95. The molecule has 1 atom stereocenters. The molecule has 0 saturated carbocycles. The summed E-state index contributed by atoms with van der Waals surface area (Å²) in [5.74, 6) is -1.89. The Morgan fingerprint density at radius 3 is 2.27 bits per heavy atom. The molecule has 5 heteroatoms. The summed E-state index contributed by atoms with van der Waals surface area (Å²) in [6, 6.07) is -1.10. The molecule has 0 aliphatic carbocycles. The largest absolute Gasteiger partial charge is 0.480 e. The number of aliphatic carboxylic acids is 1. The molecule has 0 bridgehead atoms. The average Bonchev–Trinajstić information content (AvgIpc) is 1.87. The molecule has 0 aliphatic rings. The van der Waals surface area contributed by atoms with Crippen molar-refractivity contribution in [3.63, 3.8) is 0 Å². The van der Waals surface area contributed by atoms with Crippen LogP contribution < -0.4 is 11.5 Å². The molecular formula is C6H10N2O3. The summed E-state index contributed by atoms with van der Waals surface area (Å²) in [6.45, 7) is 3.26. The molecule has 0 spiro atoms. The van der Waals surface area contributed by atoms with Crippen molar-refractivity contribution in [2.45, 2.75) is 12.5 Å². The first-order valence-corrected chi connectivity index (χ1v) is 2.91. The lowest BCUT2D eigenvalue weighted by atomic mass is 10.1. The van der Waals surface area contributed by atoms with Gasteiger partial charge in [0.2, 0.25) is 5.91 Å². The van der Waals surface area contributed by atoms with Crippen LogP contribution in [0.4, 0.5) is 0 Å². The topological polar surface area (TPSA) is 106 Å². The number of carbonyl (C=O) groups excluding carboxylic acids is 1. The fourth-order valence-corrected chi connectivity index (χ4v) is 0.453. The van der Waals surface area contributed by atoms with Crippen LogP contribution in [0.25, 0.3) is 0 Å². The highest BCUT2D eigenvalue weighted by Gasteiger charge is 2.14. The molecule has 0 rings (SSSR count). The number of nitrogens with two attached hydrogens (primary N) is 2. The van der Waals surface area contributed by atoms with Crippen molar-refractivity contribution < 1.29 is 14.7 Å². The second-order valence-electron chi connectivity index (χ2n) is 2.12. The number of primary amides is 1. The van der Waals surface area contributed by atoms with E-state index in [2.05, 4.69) is 6.58 Å². The molecule has 0 unspecified atom stereocenters. The van der Waals surface area contributed by atoms with Gasteiger partial charge in [0.25, 0.3) is 0 Å². The highest BCUT2D eigenvalue weighted by atomic mass is 16.4. The number of hydrogen-bond donors (Lipinski definition) is 3. The number of carboxylic acid groups (broad SMARTS) is 1. The maximum atomic E-state index is 10.3. The second kappa shape index (κ2) is 3.72. The third-order valence-electron chi connectivity index (χ3n) is 1.13. The van der Waals surface area contributed by atoms with E-state index in [4.69, 9.17) is 16.6 Å². The van der Waals surface area contributed by atoms with Crippen LogP contribution in [0.1, 0.15) is 6.42 Å². The summed E-state index contributed by atoms with van der Waals surface area (Å²) in [4.78, 5) is 20.5. The Bertz CT molecular complexity index is 200. The minimum atomic E-state index is -1.17. The maximum Gasteiger partial charge on any atom is 0.320 e. The Morgan fingerprint density at radius 2 is 2.00 bits per heavy atom. The Morgan fingerprint density at radius 1 is 1.55 bits per heavy atom. The van der Waals surface area contributed by atoms with E-state index in [1.165, 1.54) is 0 Å². The third kappa shape index (κ3) is 3.36. The first kappa shape index (κ1) is 9.64. The summed E-state index contributed by atoms with van der Waals surface area (Å²) in [7, 11) is 0. The van der Waals surface area contributed by atoms with Crippen molar-refractivity contribution in [3.8, 4) is 0 Å². The van der Waals surface area contributed by atoms with Crippen LogP contribution in [0, 0.1) is 0 Å². The summed E-state index contributed by atoms with van der Waals surface area (Å²) in [5.41, 5.74) is 9.91. The van der Waals surface area contributed by atoms with Crippen LogP contribution in [0.5, 0.6) is 0 Å². The predicted octanol–water partition coefficient (Wildman–Crippen LogP) is -1.17. The van der Waals surface area contributed by atoms with Crippen LogP contribution in [0.2, 0.25) is 0 Å². The summed E-state index contributed by atoms with van der Waals surface area (Å²) < 4.78 is 0. The lowest BCUT2D eigenvalue weighted by Crippen LogP contribution is -2.32. The van der Waals surface area contributed by atoms with Gasteiger partial charge in [0.05, 0.1) is 0 Å². The van der Waals surface area contributed by atoms with Crippen molar-refractivity contribution in [2.24, 2.45) is 11.5 Å². The number of amides is 1. The Kier molecular flexibility index (Phi) is 3.26. The van der Waals surface area contributed by atoms with Gasteiger partial charge in [-0.05, 0) is 0 Å². The van der Waals surface area contributed by atoms with Crippen LogP contribution in [0.3, 0.4) is 0 Å². The monoisotopic (exact) mass is 158 g/mol. The van der Waals surface area contributed by atoms with Crippen molar-refractivity contribution in [1.82, 2.24) is 0 Å². The zero-order valence-electron chi connectivity index (χ0n) is 5.91. The van der Waals surface area contributed by atoms with E-state index >= 15 is 0 Å². The molecule has 0 radical (unpaired) electrons. The molecule has 0 aromatic carbocycles. The van der Waals surface area contributed by atoms with Crippen LogP contribution in [-0.4, -0.2) is 23.0 Å². The molecule has 11 heavy (non-hydrogen) atoms. The van der Waals surface area contributed by atoms with Crippen LogP contribution >= 0.6 is 0 Å². The van der Waals surface area contributed by atoms with Crippen LogP contribution in [0.15, 0.2) is 12.2 Å². The predicted molar refractivity (Wildman–Crippen MR) is 38.6 cm³/mol. The molecule has 0 fully saturated rings. The Balaban J connectivity index is 3.95. The second-order valence-corrected chi connectivity index (χ2v) is 2.12. The van der Waals surface area contributed by atoms with Gasteiger partial charge in [-0.25, -0.2) is 0 Å². The lowest BCUT2D eigenvalue weighted by Gasteiger charge is -2.04. The van der Waals surface area contributed by atoms with Gasteiger partial charge < -0.3 is 16.6 Å². The molecule has 0 aromatic heterocycles. The molecule has 5 nitrogen and oxygen atoms in total. The number of rotatable bonds is 4. The average molecular weight is 158 g/mol. The van der Waals surface area contributed by atoms with E-state index in [9.17, 15) is 9.59 Å². The van der Waals surface area contributed by atoms with E-state index in [1.54, 1.807) is 0 Å². The summed E-state index contributed by atoms with van der Waals surface area (Å²) in [6.07, 6.45) is -0.106. The van der Waals surface area contributed by atoms with E-state index in [-0.39, 0.29) is 12.0 Å². The van der Waals surface area contributed by atoms with Gasteiger partial charge in [-0.1, -0.05) is 6.58 Å². The van der Waals surface area contributed by atoms with E-state index < -0.39 is 17.9 Å². The smallest absolute Gasteiger partial charge is 0.320 e. The van der Waals surface area contributed by atoms with Gasteiger partial charge >= 0.3 is 5.97 Å². The van der Waals surface area contributed by atoms with E-state index in [1.807, 2.05) is 0 Å². The van der Waals surface area contributed by atoms with Gasteiger partial charge in [-0.3, -0.25) is 9.59 Å². The van der Waals surface area contributed by atoms with Crippen molar-refractivity contribution >= 4 is 11.9 Å². The molecule has 62 valence electrons. The first-order valence-electron chi connectivity index (χ1n) is 2.91. The van der Waals surface area contributed by atoms with Gasteiger partial charge in [-0.2, -0.15) is 0 Å². The SMILES string of the molecule is C=C(C[C@H](N)C(=O)O)C(N)=O. The molecule has 0 saturated heterocycles. The normalized spacial score (nSPS) is 12.1. The molecule has 0 heterocycles. The molecule has 0 aliphatic heterocycles. The van der Waals surface area contributed by atoms with Crippen molar-refractivity contribution in [2.75, 3.05) is 0 Å². The minimum Gasteiger partial charge on any atom is -0.480 e. The molecular weight excluding hydrogens is 148 g/mol. The van der Waals surface area contributed by atoms with E-state index in [0.717, 1.165) is 0 Å². The van der Waals surface area contributed by atoms with Crippen LogP contribution in [-0.2, 0) is 9.59 Å². The van der Waals surface area contributed by atoms with Crippen molar-refractivity contribution in [3.05, 3.63) is 12.2 Å². The minimum absolute atomic E-state index is 0.0277. The zero-order valence-corrected chi connectivity index (χ0v) is 5.91. The highest BCUT2D eigenvalue weighted by molar-refractivity contribution is 5.92. The maximum absolute atomic E-state index is 10.3. The molecule has 5 N–H and O–H groups in total. The van der Waals surface area contributed by atoms with Gasteiger partial charge in [0.1, 0.15) is 6.04 Å². The fraction of sp³-hybridized carbons (Fsp3) is 0.333. The van der Waals surface area contributed by atoms with Gasteiger partial charge in [-0.15, -0.1) is 0 Å². The number of carbonyl (C=O) groups is 2. The number of hydrogen-bond acceptors (Lipinski definition) is 3. The standard InChI is InChI=1S/C6H10N2O3/c1-3(5(8)9)2-4(7)6(10)11/h4H,1-2,7H2,(H2,8,9)(H,10,11)/t4-/m0/s1. The Hall–Kier alpha value is -1.36. The lowest BCUT2D eigenvalue weighted by molar-refractivity contribution is -0.138.